The van der Waals surface area contributed by atoms with Crippen molar-refractivity contribution in [2.45, 2.75) is 12.3 Å². The SMILES string of the molecule is C1=CC(c2ccc(N(c3ccc(-c4ccccc4)cc3)c3ccc(-c4ccccc4)cc3)cc2)Cc2c1n(-c1ccccc1)c1ccc3c4ccccc4sc3c21. The summed E-state index contributed by atoms with van der Waals surface area (Å²) in [5.41, 5.74) is 14.7. The van der Waals surface area contributed by atoms with Gasteiger partial charge in [-0.2, -0.15) is 0 Å². The third-order valence-corrected chi connectivity index (χ3v) is 12.8. The second-order valence-electron chi connectivity index (χ2n) is 14.9. The van der Waals surface area contributed by atoms with Crippen molar-refractivity contribution in [2.75, 3.05) is 4.90 Å². The number of thiophene rings is 1. The third kappa shape index (κ3) is 5.87. The van der Waals surface area contributed by atoms with E-state index in [1.54, 1.807) is 0 Å². The monoisotopic (exact) mass is 746 g/mol. The second-order valence-corrected chi connectivity index (χ2v) is 15.9. The number of aromatic nitrogens is 1. The Hall–Kier alpha value is -6.94. The summed E-state index contributed by atoms with van der Waals surface area (Å²) in [4.78, 5) is 2.37. The highest BCUT2D eigenvalue weighted by atomic mass is 32.1. The van der Waals surface area contributed by atoms with Gasteiger partial charge in [-0.1, -0.05) is 146 Å². The van der Waals surface area contributed by atoms with Crippen LogP contribution in [0.3, 0.4) is 0 Å². The Balaban J connectivity index is 0.979. The van der Waals surface area contributed by atoms with E-state index in [1.807, 2.05) is 11.3 Å². The summed E-state index contributed by atoms with van der Waals surface area (Å²) in [6, 6.07) is 72.7. The molecule has 2 aromatic heterocycles. The highest BCUT2D eigenvalue weighted by molar-refractivity contribution is 7.26. The van der Waals surface area contributed by atoms with E-state index in [1.165, 1.54) is 75.8 Å². The Morgan fingerprint density at radius 3 is 1.61 bits per heavy atom. The Morgan fingerprint density at radius 2 is 1.00 bits per heavy atom. The topological polar surface area (TPSA) is 8.17 Å². The number of allylic oxidation sites excluding steroid dienone is 1. The van der Waals surface area contributed by atoms with E-state index in [2.05, 4.69) is 222 Å². The maximum absolute atomic E-state index is 2.47. The average Bonchev–Trinajstić information content (AvgIpc) is 3.84. The third-order valence-electron chi connectivity index (χ3n) is 11.6. The van der Waals surface area contributed by atoms with Gasteiger partial charge in [-0.3, -0.25) is 0 Å². The minimum atomic E-state index is 0.259. The first-order valence-corrected chi connectivity index (χ1v) is 20.5. The molecule has 1 aliphatic rings. The molecule has 11 rings (SSSR count). The van der Waals surface area contributed by atoms with Crippen molar-refractivity contribution < 1.29 is 0 Å². The fourth-order valence-electron chi connectivity index (χ4n) is 8.80. The van der Waals surface area contributed by atoms with E-state index in [0.717, 1.165) is 23.5 Å². The molecule has 57 heavy (non-hydrogen) atoms. The molecule has 2 nitrogen and oxygen atoms in total. The molecule has 0 N–H and O–H groups in total. The molecule has 0 amide bonds. The molecule has 8 aromatic carbocycles. The maximum atomic E-state index is 2.47. The van der Waals surface area contributed by atoms with Crippen molar-refractivity contribution in [3.8, 4) is 27.9 Å². The lowest BCUT2D eigenvalue weighted by molar-refractivity contribution is 0.825. The van der Waals surface area contributed by atoms with Crippen LogP contribution in [0, 0.1) is 0 Å². The Morgan fingerprint density at radius 1 is 0.474 bits per heavy atom. The number of para-hydroxylation sites is 1. The standard InChI is InChI=1S/C54H38N2S/c1-4-12-37(13-5-1)39-20-27-44(28-21-39)55(45-29-22-40(23-30-45)38-14-6-2-7-15-38)46-31-24-41(25-32-46)42-26-34-50-49(36-42)53-51(56(50)43-16-8-3-9-17-43)35-33-48-47-18-10-11-19-52(47)57-54(48)53/h1-35,42H,36H2. The number of fused-ring (bicyclic) bond motifs is 7. The molecule has 1 atom stereocenters. The fraction of sp³-hybridized carbons (Fsp3) is 0.0370. The molecule has 0 radical (unpaired) electrons. The van der Waals surface area contributed by atoms with Crippen molar-refractivity contribution in [3.63, 3.8) is 0 Å². The summed E-state index contributed by atoms with van der Waals surface area (Å²) in [5.74, 6) is 0.259. The first kappa shape index (κ1) is 33.4. The van der Waals surface area contributed by atoms with Gasteiger partial charge in [0.15, 0.2) is 0 Å². The number of rotatable bonds is 7. The van der Waals surface area contributed by atoms with Gasteiger partial charge >= 0.3 is 0 Å². The zero-order valence-electron chi connectivity index (χ0n) is 31.3. The van der Waals surface area contributed by atoms with Crippen molar-refractivity contribution in [1.29, 1.82) is 0 Å². The van der Waals surface area contributed by atoms with Crippen LogP contribution < -0.4 is 4.90 Å². The van der Waals surface area contributed by atoms with Crippen LogP contribution in [-0.4, -0.2) is 4.57 Å². The fourth-order valence-corrected chi connectivity index (χ4v) is 10.1. The number of anilines is 3. The summed E-state index contributed by atoms with van der Waals surface area (Å²) in [5, 5.41) is 4.08. The average molecular weight is 747 g/mol. The van der Waals surface area contributed by atoms with Gasteiger partial charge in [0.05, 0.1) is 5.52 Å². The maximum Gasteiger partial charge on any atom is 0.0552 e. The molecule has 0 saturated carbocycles. The molecule has 270 valence electrons. The van der Waals surface area contributed by atoms with Crippen LogP contribution in [0.15, 0.2) is 206 Å². The van der Waals surface area contributed by atoms with E-state index < -0.39 is 0 Å². The highest BCUT2D eigenvalue weighted by Crippen LogP contribution is 2.46. The lowest BCUT2D eigenvalue weighted by Gasteiger charge is -2.27. The molecule has 10 aromatic rings. The molecule has 2 heterocycles. The van der Waals surface area contributed by atoms with Crippen LogP contribution in [0.2, 0.25) is 0 Å². The summed E-state index contributed by atoms with van der Waals surface area (Å²) in [6.45, 7) is 0. The van der Waals surface area contributed by atoms with Gasteiger partial charge in [-0.25, -0.2) is 0 Å². The van der Waals surface area contributed by atoms with Gasteiger partial charge in [0.25, 0.3) is 0 Å². The summed E-state index contributed by atoms with van der Waals surface area (Å²) < 4.78 is 5.19. The van der Waals surface area contributed by atoms with Crippen LogP contribution >= 0.6 is 11.3 Å². The number of benzene rings is 8. The van der Waals surface area contributed by atoms with E-state index in [0.29, 0.717) is 0 Å². The predicted molar refractivity (Wildman–Crippen MR) is 244 cm³/mol. The summed E-state index contributed by atoms with van der Waals surface area (Å²) in [6.07, 6.45) is 5.74. The van der Waals surface area contributed by atoms with E-state index >= 15 is 0 Å². The van der Waals surface area contributed by atoms with Crippen molar-refractivity contribution in [1.82, 2.24) is 4.57 Å². The van der Waals surface area contributed by atoms with Crippen LogP contribution in [0.25, 0.3) is 65.1 Å². The molecule has 1 aliphatic carbocycles. The minimum Gasteiger partial charge on any atom is -0.311 e. The van der Waals surface area contributed by atoms with Gasteiger partial charge in [0, 0.05) is 59.9 Å². The van der Waals surface area contributed by atoms with Gasteiger partial charge in [0.2, 0.25) is 0 Å². The van der Waals surface area contributed by atoms with Crippen LogP contribution in [-0.2, 0) is 6.42 Å². The Bertz CT molecular complexity index is 2970. The zero-order chi connectivity index (χ0) is 37.7. The zero-order valence-corrected chi connectivity index (χ0v) is 32.1. The van der Waals surface area contributed by atoms with Crippen molar-refractivity contribution >= 4 is 65.6 Å². The normalized spacial score (nSPS) is 13.6. The van der Waals surface area contributed by atoms with Gasteiger partial charge in [-0.05, 0) is 107 Å². The summed E-state index contributed by atoms with van der Waals surface area (Å²) >= 11 is 1.93. The molecule has 1 unspecified atom stereocenters. The molecule has 0 aliphatic heterocycles. The van der Waals surface area contributed by atoms with Crippen LogP contribution in [0.4, 0.5) is 17.1 Å². The Kier molecular flexibility index (Phi) is 8.19. The molecule has 0 bridgehead atoms. The highest BCUT2D eigenvalue weighted by Gasteiger charge is 2.26. The molecular weight excluding hydrogens is 709 g/mol. The largest absolute Gasteiger partial charge is 0.311 e. The van der Waals surface area contributed by atoms with Gasteiger partial charge in [0.1, 0.15) is 0 Å². The smallest absolute Gasteiger partial charge is 0.0552 e. The van der Waals surface area contributed by atoms with E-state index in [4.69, 9.17) is 0 Å². The number of hydrogen-bond acceptors (Lipinski definition) is 2. The van der Waals surface area contributed by atoms with Crippen molar-refractivity contribution in [3.05, 3.63) is 223 Å². The van der Waals surface area contributed by atoms with Crippen molar-refractivity contribution in [2.24, 2.45) is 0 Å². The molecule has 0 fully saturated rings. The number of nitrogens with zero attached hydrogens (tertiary/aromatic N) is 2. The van der Waals surface area contributed by atoms with Crippen LogP contribution in [0.1, 0.15) is 22.7 Å². The second kappa shape index (κ2) is 14.0. The number of hydrogen-bond donors (Lipinski definition) is 0. The van der Waals surface area contributed by atoms with E-state index in [-0.39, 0.29) is 5.92 Å². The van der Waals surface area contributed by atoms with Crippen LogP contribution in [0.5, 0.6) is 0 Å². The molecule has 0 spiro atoms. The lowest BCUT2D eigenvalue weighted by Crippen LogP contribution is -2.11. The first-order valence-electron chi connectivity index (χ1n) is 19.7. The predicted octanol–water partition coefficient (Wildman–Crippen LogP) is 15.2. The lowest BCUT2D eigenvalue weighted by atomic mass is 9.86. The molecule has 0 saturated heterocycles. The molecule has 3 heteroatoms. The van der Waals surface area contributed by atoms with E-state index in [9.17, 15) is 0 Å². The van der Waals surface area contributed by atoms with Gasteiger partial charge in [-0.15, -0.1) is 11.3 Å². The molecular formula is C54H38N2S. The minimum absolute atomic E-state index is 0.259. The quantitative estimate of drug-likeness (QED) is 0.158. The first-order chi connectivity index (χ1) is 28.3. The summed E-state index contributed by atoms with van der Waals surface area (Å²) in [7, 11) is 0. The van der Waals surface area contributed by atoms with Gasteiger partial charge < -0.3 is 9.47 Å². The Labute approximate surface area is 336 Å².